The van der Waals surface area contributed by atoms with Crippen molar-refractivity contribution < 1.29 is 0 Å². The van der Waals surface area contributed by atoms with Crippen LogP contribution in [0.2, 0.25) is 0 Å². The summed E-state index contributed by atoms with van der Waals surface area (Å²) in [5, 5.41) is 0. The molecular weight excluding hydrogens is 232 g/mol. The fourth-order valence-electron chi connectivity index (χ4n) is 4.61. The van der Waals surface area contributed by atoms with E-state index in [1.165, 1.54) is 57.5 Å². The Bertz CT molecular complexity index is 422. The van der Waals surface area contributed by atoms with Crippen molar-refractivity contribution in [2.24, 2.45) is 11.8 Å². The van der Waals surface area contributed by atoms with Gasteiger partial charge in [-0.3, -0.25) is 4.90 Å². The molecular formula is C17H24N2. The van der Waals surface area contributed by atoms with Crippen LogP contribution >= 0.6 is 0 Å². The summed E-state index contributed by atoms with van der Waals surface area (Å²) in [4.78, 5) is 5.34. The molecule has 1 heterocycles. The number of para-hydroxylation sites is 1. The summed E-state index contributed by atoms with van der Waals surface area (Å²) in [5.74, 6) is 2.11. The molecule has 0 unspecified atom stereocenters. The number of fused-ring (bicyclic) bond motifs is 2. The normalized spacial score (nSPS) is 34.9. The van der Waals surface area contributed by atoms with Crippen molar-refractivity contribution in [1.82, 2.24) is 4.90 Å². The van der Waals surface area contributed by atoms with E-state index >= 15 is 0 Å². The van der Waals surface area contributed by atoms with Gasteiger partial charge in [0.15, 0.2) is 0 Å². The maximum absolute atomic E-state index is 2.79. The zero-order chi connectivity index (χ0) is 12.7. The monoisotopic (exact) mass is 256 g/mol. The molecule has 0 aromatic heterocycles. The summed E-state index contributed by atoms with van der Waals surface area (Å²) in [6.07, 6.45) is 6.05. The molecule has 1 saturated heterocycles. The quantitative estimate of drug-likeness (QED) is 0.802. The van der Waals surface area contributed by atoms with Gasteiger partial charge in [-0.05, 0) is 43.2 Å². The summed E-state index contributed by atoms with van der Waals surface area (Å²) in [5.41, 5.74) is 1.40. The standard InChI is InChI=1S/C17H24N2/c1-2-4-16(5-3-1)18-8-10-19(11-9-18)17-13-14-6-7-15(17)12-14/h1-5,14-15,17H,6-13H2/t14-,15+,17+/m1/s1. The van der Waals surface area contributed by atoms with Gasteiger partial charge >= 0.3 is 0 Å². The van der Waals surface area contributed by atoms with E-state index in [0.29, 0.717) is 0 Å². The maximum Gasteiger partial charge on any atom is 0.0367 e. The SMILES string of the molecule is c1ccc(N2CCN([C@H]3C[C@@H]4CC[C@H]3C4)CC2)cc1. The molecule has 0 N–H and O–H groups in total. The van der Waals surface area contributed by atoms with Crippen LogP contribution in [-0.4, -0.2) is 37.1 Å². The average molecular weight is 256 g/mol. The number of nitrogens with zero attached hydrogens (tertiary/aromatic N) is 2. The molecule has 4 rings (SSSR count). The van der Waals surface area contributed by atoms with Crippen molar-refractivity contribution in [3.8, 4) is 0 Å². The topological polar surface area (TPSA) is 6.48 Å². The van der Waals surface area contributed by atoms with Crippen LogP contribution in [0, 0.1) is 11.8 Å². The Balaban J connectivity index is 1.38. The fraction of sp³-hybridized carbons (Fsp3) is 0.647. The maximum atomic E-state index is 2.79. The molecule has 2 saturated carbocycles. The van der Waals surface area contributed by atoms with E-state index in [4.69, 9.17) is 0 Å². The number of rotatable bonds is 2. The molecule has 0 radical (unpaired) electrons. The van der Waals surface area contributed by atoms with E-state index in [0.717, 1.165) is 17.9 Å². The molecule has 0 amide bonds. The third kappa shape index (κ3) is 2.16. The van der Waals surface area contributed by atoms with E-state index in [1.54, 1.807) is 0 Å². The molecule has 102 valence electrons. The highest BCUT2D eigenvalue weighted by Gasteiger charge is 2.42. The fourth-order valence-corrected chi connectivity index (χ4v) is 4.61. The lowest BCUT2D eigenvalue weighted by Gasteiger charge is -2.41. The van der Waals surface area contributed by atoms with Crippen LogP contribution < -0.4 is 4.90 Å². The van der Waals surface area contributed by atoms with Gasteiger partial charge in [-0.2, -0.15) is 0 Å². The molecule has 0 spiro atoms. The summed E-state index contributed by atoms with van der Waals surface area (Å²) >= 11 is 0. The highest BCUT2D eigenvalue weighted by atomic mass is 15.3. The first-order valence-corrected chi connectivity index (χ1v) is 7.94. The van der Waals surface area contributed by atoms with Crippen molar-refractivity contribution in [3.05, 3.63) is 30.3 Å². The van der Waals surface area contributed by atoms with Gasteiger partial charge in [0, 0.05) is 37.9 Å². The van der Waals surface area contributed by atoms with E-state index < -0.39 is 0 Å². The van der Waals surface area contributed by atoms with Gasteiger partial charge in [-0.25, -0.2) is 0 Å². The van der Waals surface area contributed by atoms with Crippen molar-refractivity contribution in [2.75, 3.05) is 31.1 Å². The second-order valence-corrected chi connectivity index (χ2v) is 6.60. The molecule has 2 bridgehead atoms. The number of benzene rings is 1. The summed E-state index contributed by atoms with van der Waals surface area (Å²) in [6.45, 7) is 4.95. The second kappa shape index (κ2) is 4.82. The predicted octanol–water partition coefficient (Wildman–Crippen LogP) is 3.00. The van der Waals surface area contributed by atoms with Crippen molar-refractivity contribution >= 4 is 5.69 Å². The third-order valence-corrected chi connectivity index (χ3v) is 5.61. The van der Waals surface area contributed by atoms with Crippen LogP contribution in [0.4, 0.5) is 5.69 Å². The van der Waals surface area contributed by atoms with Crippen LogP contribution in [0.1, 0.15) is 25.7 Å². The Labute approximate surface area is 116 Å². The molecule has 1 aliphatic heterocycles. The predicted molar refractivity (Wildman–Crippen MR) is 79.5 cm³/mol. The second-order valence-electron chi connectivity index (χ2n) is 6.60. The third-order valence-electron chi connectivity index (χ3n) is 5.61. The zero-order valence-corrected chi connectivity index (χ0v) is 11.7. The largest absolute Gasteiger partial charge is 0.369 e. The van der Waals surface area contributed by atoms with Crippen LogP contribution in [0.3, 0.4) is 0 Å². The Morgan fingerprint density at radius 1 is 0.842 bits per heavy atom. The number of hydrogen-bond acceptors (Lipinski definition) is 2. The number of anilines is 1. The van der Waals surface area contributed by atoms with Gasteiger partial charge in [0.25, 0.3) is 0 Å². The highest BCUT2D eigenvalue weighted by Crippen LogP contribution is 2.46. The molecule has 2 heteroatoms. The minimum Gasteiger partial charge on any atom is -0.369 e. The minimum atomic E-state index is 0.927. The van der Waals surface area contributed by atoms with Crippen LogP contribution in [0.5, 0.6) is 0 Å². The molecule has 1 aromatic rings. The van der Waals surface area contributed by atoms with Gasteiger partial charge in [-0.15, -0.1) is 0 Å². The molecule has 19 heavy (non-hydrogen) atoms. The van der Waals surface area contributed by atoms with E-state index in [1.807, 2.05) is 0 Å². The molecule has 2 aliphatic carbocycles. The first kappa shape index (κ1) is 11.8. The smallest absolute Gasteiger partial charge is 0.0367 e. The first-order chi connectivity index (χ1) is 9.40. The molecule has 2 nitrogen and oxygen atoms in total. The number of piperazine rings is 1. The van der Waals surface area contributed by atoms with Gasteiger partial charge < -0.3 is 4.90 Å². The molecule has 3 aliphatic rings. The molecule has 1 aromatic carbocycles. The first-order valence-electron chi connectivity index (χ1n) is 7.94. The Morgan fingerprint density at radius 2 is 1.63 bits per heavy atom. The van der Waals surface area contributed by atoms with Crippen LogP contribution in [0.25, 0.3) is 0 Å². The average Bonchev–Trinajstić information content (AvgIpc) is 3.11. The summed E-state index contributed by atoms with van der Waals surface area (Å²) < 4.78 is 0. The van der Waals surface area contributed by atoms with Crippen LogP contribution in [0.15, 0.2) is 30.3 Å². The van der Waals surface area contributed by atoms with Crippen molar-refractivity contribution in [3.63, 3.8) is 0 Å². The van der Waals surface area contributed by atoms with Gasteiger partial charge in [0.2, 0.25) is 0 Å². The highest BCUT2D eigenvalue weighted by molar-refractivity contribution is 5.46. The Hall–Kier alpha value is -1.02. The molecule has 3 atom stereocenters. The lowest BCUT2D eigenvalue weighted by Crippen LogP contribution is -2.51. The lowest BCUT2D eigenvalue weighted by molar-refractivity contribution is 0.135. The van der Waals surface area contributed by atoms with Gasteiger partial charge in [0.05, 0.1) is 0 Å². The Morgan fingerprint density at radius 3 is 2.26 bits per heavy atom. The van der Waals surface area contributed by atoms with E-state index in [9.17, 15) is 0 Å². The number of hydrogen-bond donors (Lipinski definition) is 0. The summed E-state index contributed by atoms with van der Waals surface area (Å²) in [7, 11) is 0. The van der Waals surface area contributed by atoms with E-state index in [-0.39, 0.29) is 0 Å². The molecule has 3 fully saturated rings. The van der Waals surface area contributed by atoms with E-state index in [2.05, 4.69) is 40.1 Å². The minimum absolute atomic E-state index is 0.927. The zero-order valence-electron chi connectivity index (χ0n) is 11.7. The van der Waals surface area contributed by atoms with Crippen LogP contribution in [-0.2, 0) is 0 Å². The van der Waals surface area contributed by atoms with Crippen molar-refractivity contribution in [1.29, 1.82) is 0 Å². The van der Waals surface area contributed by atoms with Crippen molar-refractivity contribution in [2.45, 2.75) is 31.7 Å². The van der Waals surface area contributed by atoms with Gasteiger partial charge in [-0.1, -0.05) is 24.6 Å². The lowest BCUT2D eigenvalue weighted by atomic mass is 9.93. The Kier molecular flexibility index (Phi) is 2.99. The summed E-state index contributed by atoms with van der Waals surface area (Å²) in [6, 6.07) is 11.8. The van der Waals surface area contributed by atoms with Gasteiger partial charge in [0.1, 0.15) is 0 Å².